The van der Waals surface area contributed by atoms with Gasteiger partial charge in [0.1, 0.15) is 11.2 Å². The van der Waals surface area contributed by atoms with Crippen LogP contribution in [0.3, 0.4) is 0 Å². The first-order valence-corrected chi connectivity index (χ1v) is 18.8. The van der Waals surface area contributed by atoms with Gasteiger partial charge in [-0.1, -0.05) is 140 Å². The zero-order chi connectivity index (χ0) is 36.3. The molecule has 11 aromatic rings. The maximum Gasteiger partial charge on any atom is 0.143 e. The Bertz CT molecular complexity index is 3150. The van der Waals surface area contributed by atoms with Crippen LogP contribution >= 0.6 is 0 Å². The summed E-state index contributed by atoms with van der Waals surface area (Å²) in [4.78, 5) is 2.34. The third-order valence-electron chi connectivity index (χ3n) is 11.0. The lowest BCUT2D eigenvalue weighted by atomic mass is 9.97. The van der Waals surface area contributed by atoms with Crippen molar-refractivity contribution in [2.45, 2.75) is 0 Å². The van der Waals surface area contributed by atoms with E-state index in [1.807, 2.05) is 0 Å². The van der Waals surface area contributed by atoms with Crippen LogP contribution in [0.2, 0.25) is 0 Å². The summed E-state index contributed by atoms with van der Waals surface area (Å²) in [5.74, 6) is 0. The van der Waals surface area contributed by atoms with Crippen LogP contribution in [0.4, 0.5) is 17.1 Å². The molecule has 0 saturated carbocycles. The second-order valence-corrected chi connectivity index (χ2v) is 14.1. The van der Waals surface area contributed by atoms with E-state index in [2.05, 4.69) is 216 Å². The second-order valence-electron chi connectivity index (χ2n) is 14.1. The standard InChI is InChI=1S/C52H34N2O/c1-2-16-38(17-3-1)53(40-18-12-15-37(34-40)42-23-13-27-50-51(42)46-33-30-35-14-4-5-20-43(35)52(46)55-50)39-31-28-36(29-32-39)41-19-6-9-24-47(41)54-48-25-10-7-21-44(48)45-22-8-11-26-49(45)54/h1-34H. The van der Waals surface area contributed by atoms with Crippen LogP contribution in [0, 0.1) is 0 Å². The molecule has 3 nitrogen and oxygen atoms in total. The van der Waals surface area contributed by atoms with Crippen LogP contribution in [0.25, 0.3) is 82.5 Å². The Morgan fingerprint density at radius 1 is 0.382 bits per heavy atom. The molecule has 11 rings (SSSR count). The van der Waals surface area contributed by atoms with Crippen molar-refractivity contribution in [1.82, 2.24) is 4.57 Å². The minimum Gasteiger partial charge on any atom is -0.455 e. The van der Waals surface area contributed by atoms with E-state index < -0.39 is 0 Å². The molecule has 0 atom stereocenters. The van der Waals surface area contributed by atoms with E-state index in [-0.39, 0.29) is 0 Å². The summed E-state index contributed by atoms with van der Waals surface area (Å²) in [6.07, 6.45) is 0. The fourth-order valence-electron chi connectivity index (χ4n) is 8.52. The summed E-state index contributed by atoms with van der Waals surface area (Å²) in [6, 6.07) is 73.8. The average Bonchev–Trinajstić information content (AvgIpc) is 3.81. The molecule has 0 aliphatic carbocycles. The van der Waals surface area contributed by atoms with Gasteiger partial charge in [0.2, 0.25) is 0 Å². The Morgan fingerprint density at radius 3 is 1.80 bits per heavy atom. The summed E-state index contributed by atoms with van der Waals surface area (Å²) in [6.45, 7) is 0. The molecule has 0 bridgehead atoms. The molecule has 258 valence electrons. The highest BCUT2D eigenvalue weighted by Gasteiger charge is 2.19. The monoisotopic (exact) mass is 702 g/mol. The summed E-state index contributed by atoms with van der Waals surface area (Å²) >= 11 is 0. The van der Waals surface area contributed by atoms with Gasteiger partial charge >= 0.3 is 0 Å². The number of nitrogens with zero attached hydrogens (tertiary/aromatic N) is 2. The zero-order valence-corrected chi connectivity index (χ0v) is 29.9. The highest BCUT2D eigenvalue weighted by molar-refractivity contribution is 6.19. The minimum absolute atomic E-state index is 0.894. The normalized spacial score (nSPS) is 11.6. The molecule has 0 aliphatic heterocycles. The van der Waals surface area contributed by atoms with Gasteiger partial charge in [0, 0.05) is 49.6 Å². The SMILES string of the molecule is c1ccc(N(c2ccc(-c3ccccc3-n3c4ccccc4c4ccccc43)cc2)c2cccc(-c3cccc4oc5c6ccccc6ccc5c34)c2)cc1. The number of hydrogen-bond acceptors (Lipinski definition) is 2. The molecule has 2 aromatic heterocycles. The van der Waals surface area contributed by atoms with Gasteiger partial charge in [-0.25, -0.2) is 0 Å². The third-order valence-corrected chi connectivity index (χ3v) is 11.0. The van der Waals surface area contributed by atoms with Gasteiger partial charge < -0.3 is 13.9 Å². The first-order chi connectivity index (χ1) is 27.3. The highest BCUT2D eigenvalue weighted by Crippen LogP contribution is 2.43. The maximum absolute atomic E-state index is 6.55. The molecule has 0 unspecified atom stereocenters. The fraction of sp³-hybridized carbons (Fsp3) is 0. The van der Waals surface area contributed by atoms with E-state index in [1.165, 1.54) is 32.8 Å². The van der Waals surface area contributed by atoms with Crippen molar-refractivity contribution in [3.63, 3.8) is 0 Å². The van der Waals surface area contributed by atoms with Gasteiger partial charge in [-0.2, -0.15) is 0 Å². The van der Waals surface area contributed by atoms with Crippen LogP contribution in [-0.4, -0.2) is 4.57 Å². The lowest BCUT2D eigenvalue weighted by Crippen LogP contribution is -2.09. The quantitative estimate of drug-likeness (QED) is 0.172. The van der Waals surface area contributed by atoms with E-state index in [9.17, 15) is 0 Å². The average molecular weight is 703 g/mol. The van der Waals surface area contributed by atoms with Gasteiger partial charge in [0.15, 0.2) is 0 Å². The summed E-state index contributed by atoms with van der Waals surface area (Å²) < 4.78 is 8.96. The molecule has 3 heteroatoms. The van der Waals surface area contributed by atoms with Gasteiger partial charge in [0.05, 0.1) is 16.7 Å². The van der Waals surface area contributed by atoms with E-state index in [0.29, 0.717) is 0 Å². The Morgan fingerprint density at radius 2 is 1.00 bits per heavy atom. The number of para-hydroxylation sites is 4. The Balaban J connectivity index is 1.03. The number of rotatable bonds is 6. The second kappa shape index (κ2) is 12.6. The lowest BCUT2D eigenvalue weighted by Gasteiger charge is -2.26. The smallest absolute Gasteiger partial charge is 0.143 e. The van der Waals surface area contributed by atoms with Crippen molar-refractivity contribution < 1.29 is 4.42 Å². The first-order valence-electron chi connectivity index (χ1n) is 18.8. The summed E-state index contributed by atoms with van der Waals surface area (Å²) in [5, 5.41) is 7.10. The van der Waals surface area contributed by atoms with E-state index in [1.54, 1.807) is 0 Å². The van der Waals surface area contributed by atoms with Crippen LogP contribution in [-0.2, 0) is 0 Å². The number of benzene rings is 9. The minimum atomic E-state index is 0.894. The molecule has 0 radical (unpaired) electrons. The molecule has 55 heavy (non-hydrogen) atoms. The predicted octanol–water partition coefficient (Wildman–Crippen LogP) is 14.6. The van der Waals surface area contributed by atoms with E-state index in [4.69, 9.17) is 4.42 Å². The Kier molecular flexibility index (Phi) is 7.17. The molecule has 0 fully saturated rings. The molecule has 0 saturated heterocycles. The number of anilines is 3. The van der Waals surface area contributed by atoms with Crippen LogP contribution in [0.1, 0.15) is 0 Å². The number of aromatic nitrogens is 1. The van der Waals surface area contributed by atoms with Gasteiger partial charge in [-0.05, 0) is 88.8 Å². The van der Waals surface area contributed by atoms with Crippen LogP contribution < -0.4 is 4.90 Å². The van der Waals surface area contributed by atoms with Crippen LogP contribution in [0.5, 0.6) is 0 Å². The molecular formula is C52H34N2O. The molecule has 0 aliphatic rings. The maximum atomic E-state index is 6.55. The van der Waals surface area contributed by atoms with Crippen molar-refractivity contribution in [3.05, 3.63) is 206 Å². The van der Waals surface area contributed by atoms with Crippen molar-refractivity contribution in [2.24, 2.45) is 0 Å². The predicted molar refractivity (Wildman–Crippen MR) is 231 cm³/mol. The topological polar surface area (TPSA) is 21.3 Å². The molecular weight excluding hydrogens is 669 g/mol. The zero-order valence-electron chi connectivity index (χ0n) is 29.9. The molecule has 0 amide bonds. The lowest BCUT2D eigenvalue weighted by molar-refractivity contribution is 0.673. The largest absolute Gasteiger partial charge is 0.455 e. The number of fused-ring (bicyclic) bond motifs is 8. The molecule has 0 spiro atoms. The highest BCUT2D eigenvalue weighted by atomic mass is 16.3. The molecule has 9 aromatic carbocycles. The van der Waals surface area contributed by atoms with Crippen molar-refractivity contribution in [2.75, 3.05) is 4.90 Å². The third kappa shape index (κ3) is 5.05. The Hall–Kier alpha value is -7.36. The summed E-state index contributed by atoms with van der Waals surface area (Å²) in [7, 11) is 0. The molecule has 2 heterocycles. The van der Waals surface area contributed by atoms with Crippen molar-refractivity contribution in [1.29, 1.82) is 0 Å². The van der Waals surface area contributed by atoms with Crippen LogP contribution in [0.15, 0.2) is 211 Å². The molecule has 0 N–H and O–H groups in total. The van der Waals surface area contributed by atoms with Crippen molar-refractivity contribution >= 4 is 71.6 Å². The Labute approximate surface area is 318 Å². The number of furan rings is 1. The van der Waals surface area contributed by atoms with E-state index >= 15 is 0 Å². The van der Waals surface area contributed by atoms with Gasteiger partial charge in [0.25, 0.3) is 0 Å². The summed E-state index contributed by atoms with van der Waals surface area (Å²) in [5.41, 5.74) is 13.3. The fourth-order valence-corrected chi connectivity index (χ4v) is 8.52. The number of hydrogen-bond donors (Lipinski definition) is 0. The van der Waals surface area contributed by atoms with Gasteiger partial charge in [-0.15, -0.1) is 0 Å². The van der Waals surface area contributed by atoms with Crippen molar-refractivity contribution in [3.8, 4) is 27.9 Å². The first kappa shape index (κ1) is 31.2. The van der Waals surface area contributed by atoms with Gasteiger partial charge in [-0.3, -0.25) is 0 Å². The van der Waals surface area contributed by atoms with E-state index in [0.717, 1.165) is 66.8 Å².